The van der Waals surface area contributed by atoms with Crippen molar-refractivity contribution in [1.29, 1.82) is 0 Å². The second-order valence-corrected chi connectivity index (χ2v) is 8.10. The van der Waals surface area contributed by atoms with Crippen molar-refractivity contribution in [2.45, 2.75) is 20.3 Å². The van der Waals surface area contributed by atoms with Gasteiger partial charge in [-0.05, 0) is 78.1 Å². The number of hydrogen-bond acceptors (Lipinski definition) is 4. The maximum atomic E-state index is 13.5. The van der Waals surface area contributed by atoms with E-state index in [9.17, 15) is 18.8 Å². The molecule has 0 unspecified atom stereocenters. The van der Waals surface area contributed by atoms with Gasteiger partial charge in [-0.2, -0.15) is 0 Å². The fourth-order valence-corrected chi connectivity index (χ4v) is 3.79. The third kappa shape index (κ3) is 4.59. The number of aryl methyl sites for hydroxylation is 2. The van der Waals surface area contributed by atoms with E-state index < -0.39 is 17.8 Å². The monoisotopic (exact) mass is 458 g/mol. The number of barbiturate groups is 1. The van der Waals surface area contributed by atoms with Gasteiger partial charge in [-0.25, -0.2) is 14.1 Å². The van der Waals surface area contributed by atoms with Crippen LogP contribution in [0.2, 0.25) is 0 Å². The van der Waals surface area contributed by atoms with Gasteiger partial charge in [0.2, 0.25) is 0 Å². The maximum Gasteiger partial charge on any atom is 0.335 e. The molecule has 0 bridgehead atoms. The van der Waals surface area contributed by atoms with Crippen LogP contribution in [-0.4, -0.2) is 25.0 Å². The van der Waals surface area contributed by atoms with Crippen molar-refractivity contribution in [2.24, 2.45) is 0 Å². The summed E-state index contributed by atoms with van der Waals surface area (Å²) in [5, 5.41) is 2.23. The van der Waals surface area contributed by atoms with E-state index in [-0.39, 0.29) is 11.4 Å². The normalized spacial score (nSPS) is 15.0. The average Bonchev–Trinajstić information content (AvgIpc) is 2.79. The molecule has 1 saturated heterocycles. The van der Waals surface area contributed by atoms with Crippen LogP contribution in [0.3, 0.4) is 0 Å². The van der Waals surface area contributed by atoms with Crippen LogP contribution in [-0.2, 0) is 16.0 Å². The van der Waals surface area contributed by atoms with Crippen molar-refractivity contribution in [3.63, 3.8) is 0 Å². The number of urea groups is 1. The molecule has 3 aromatic rings. The summed E-state index contributed by atoms with van der Waals surface area (Å²) in [7, 11) is 1.51. The topological polar surface area (TPSA) is 75.7 Å². The fraction of sp³-hybridized carbons (Fsp3) is 0.148. The quantitative estimate of drug-likeness (QED) is 0.444. The third-order valence-electron chi connectivity index (χ3n) is 5.76. The molecule has 0 atom stereocenters. The second kappa shape index (κ2) is 9.31. The van der Waals surface area contributed by atoms with E-state index in [1.807, 2.05) is 26.0 Å². The van der Waals surface area contributed by atoms with Crippen LogP contribution >= 0.6 is 0 Å². The van der Waals surface area contributed by atoms with Gasteiger partial charge < -0.3 is 4.74 Å². The van der Waals surface area contributed by atoms with Crippen LogP contribution in [0.15, 0.2) is 66.2 Å². The molecule has 4 amide bonds. The number of nitrogens with one attached hydrogen (secondary N) is 1. The van der Waals surface area contributed by atoms with Crippen molar-refractivity contribution in [1.82, 2.24) is 5.32 Å². The molecule has 1 fully saturated rings. The minimum absolute atomic E-state index is 0.169. The van der Waals surface area contributed by atoms with Crippen molar-refractivity contribution in [2.75, 3.05) is 12.0 Å². The molecule has 7 heteroatoms. The Balaban J connectivity index is 1.66. The maximum absolute atomic E-state index is 13.5. The van der Waals surface area contributed by atoms with Gasteiger partial charge in [0.25, 0.3) is 11.8 Å². The lowest BCUT2D eigenvalue weighted by atomic mass is 10.0. The molecule has 0 saturated carbocycles. The molecule has 34 heavy (non-hydrogen) atoms. The molecule has 1 heterocycles. The van der Waals surface area contributed by atoms with Crippen LogP contribution < -0.4 is 15.0 Å². The van der Waals surface area contributed by atoms with Crippen LogP contribution in [0.25, 0.3) is 6.08 Å². The summed E-state index contributed by atoms with van der Waals surface area (Å²) in [5.41, 5.74) is 4.30. The number of imide groups is 2. The van der Waals surface area contributed by atoms with Gasteiger partial charge in [-0.15, -0.1) is 0 Å². The smallest absolute Gasteiger partial charge is 0.335 e. The molecule has 3 aromatic carbocycles. The SMILES string of the molecule is COc1cc(/C=C2\C(=O)NC(=O)N(c3ccc(C)c(C)c3)C2=O)ccc1Cc1cccc(F)c1. The molecular weight excluding hydrogens is 435 g/mol. The molecule has 0 radical (unpaired) electrons. The fourth-order valence-electron chi connectivity index (χ4n) is 3.79. The van der Waals surface area contributed by atoms with Crippen LogP contribution in [0, 0.1) is 19.7 Å². The van der Waals surface area contributed by atoms with E-state index in [1.165, 1.54) is 25.3 Å². The molecule has 4 rings (SSSR count). The van der Waals surface area contributed by atoms with Gasteiger partial charge >= 0.3 is 6.03 Å². The lowest BCUT2D eigenvalue weighted by Crippen LogP contribution is -2.54. The minimum atomic E-state index is -0.793. The highest BCUT2D eigenvalue weighted by Crippen LogP contribution is 2.27. The number of ether oxygens (including phenoxy) is 1. The Morgan fingerprint density at radius 2 is 1.76 bits per heavy atom. The summed E-state index contributed by atoms with van der Waals surface area (Å²) < 4.78 is 19.0. The van der Waals surface area contributed by atoms with Gasteiger partial charge in [-0.3, -0.25) is 14.9 Å². The van der Waals surface area contributed by atoms with Gasteiger partial charge in [-0.1, -0.05) is 30.3 Å². The summed E-state index contributed by atoms with van der Waals surface area (Å²) in [6.07, 6.45) is 1.87. The molecule has 6 nitrogen and oxygen atoms in total. The number of carbonyl (C=O) groups excluding carboxylic acids is 3. The Bertz CT molecular complexity index is 1350. The van der Waals surface area contributed by atoms with Gasteiger partial charge in [0.15, 0.2) is 0 Å². The van der Waals surface area contributed by atoms with Crippen molar-refractivity contribution in [3.05, 3.63) is 99.9 Å². The summed E-state index contributed by atoms with van der Waals surface area (Å²) in [6, 6.07) is 15.9. The van der Waals surface area contributed by atoms with E-state index >= 15 is 0 Å². The molecule has 0 aromatic heterocycles. The lowest BCUT2D eigenvalue weighted by molar-refractivity contribution is -0.122. The minimum Gasteiger partial charge on any atom is -0.496 e. The summed E-state index contributed by atoms with van der Waals surface area (Å²) in [6.45, 7) is 3.81. The molecular formula is C27H23FN2O4. The summed E-state index contributed by atoms with van der Waals surface area (Å²) >= 11 is 0. The van der Waals surface area contributed by atoms with E-state index in [0.29, 0.717) is 23.4 Å². The van der Waals surface area contributed by atoms with Gasteiger partial charge in [0, 0.05) is 6.42 Å². The van der Waals surface area contributed by atoms with Crippen LogP contribution in [0.1, 0.15) is 27.8 Å². The predicted octanol–water partition coefficient (Wildman–Crippen LogP) is 4.71. The standard InChI is InChI=1S/C27H23FN2O4/c1-16-7-10-22(11-17(16)2)30-26(32)23(25(31)29-27(30)33)14-19-8-9-20(24(15-19)34-3)12-18-5-4-6-21(28)13-18/h4-11,13-15H,12H2,1-3H3,(H,29,31,33)/b23-14+. The zero-order valence-corrected chi connectivity index (χ0v) is 19.0. The van der Waals surface area contributed by atoms with E-state index in [1.54, 1.807) is 36.4 Å². The molecule has 1 N–H and O–H groups in total. The number of nitrogens with zero attached hydrogens (tertiary/aromatic N) is 1. The number of halogens is 1. The first-order valence-corrected chi connectivity index (χ1v) is 10.7. The molecule has 1 aliphatic rings. The van der Waals surface area contributed by atoms with Gasteiger partial charge in [0.05, 0.1) is 12.8 Å². The summed E-state index contributed by atoms with van der Waals surface area (Å²) in [4.78, 5) is 39.1. The third-order valence-corrected chi connectivity index (χ3v) is 5.76. The molecule has 1 aliphatic heterocycles. The van der Waals surface area contributed by atoms with Gasteiger partial charge in [0.1, 0.15) is 17.1 Å². The number of rotatable bonds is 5. The number of anilines is 1. The zero-order chi connectivity index (χ0) is 24.4. The number of carbonyl (C=O) groups is 3. The highest BCUT2D eigenvalue weighted by atomic mass is 19.1. The summed E-state index contributed by atoms with van der Waals surface area (Å²) in [5.74, 6) is -1.26. The second-order valence-electron chi connectivity index (χ2n) is 8.10. The Morgan fingerprint density at radius 1 is 0.971 bits per heavy atom. The first kappa shape index (κ1) is 22.9. The predicted molar refractivity (Wildman–Crippen MR) is 127 cm³/mol. The first-order valence-electron chi connectivity index (χ1n) is 10.7. The highest BCUT2D eigenvalue weighted by Gasteiger charge is 2.36. The molecule has 0 aliphatic carbocycles. The van der Waals surface area contributed by atoms with E-state index in [4.69, 9.17) is 4.74 Å². The van der Waals surface area contributed by atoms with Crippen LogP contribution in [0.5, 0.6) is 5.75 Å². The zero-order valence-electron chi connectivity index (χ0n) is 19.0. The largest absolute Gasteiger partial charge is 0.496 e. The Kier molecular flexibility index (Phi) is 6.27. The number of benzene rings is 3. The Hall–Kier alpha value is -4.26. The van der Waals surface area contributed by atoms with Crippen molar-refractivity contribution >= 4 is 29.6 Å². The Morgan fingerprint density at radius 3 is 2.47 bits per heavy atom. The highest BCUT2D eigenvalue weighted by molar-refractivity contribution is 6.39. The molecule has 172 valence electrons. The Labute approximate surface area is 196 Å². The van der Waals surface area contributed by atoms with Crippen LogP contribution in [0.4, 0.5) is 14.9 Å². The van der Waals surface area contributed by atoms with E-state index in [0.717, 1.165) is 27.2 Å². The van der Waals surface area contributed by atoms with E-state index in [2.05, 4.69) is 5.32 Å². The van der Waals surface area contributed by atoms with Crippen molar-refractivity contribution in [3.8, 4) is 5.75 Å². The lowest BCUT2D eigenvalue weighted by Gasteiger charge is -2.27. The molecule has 0 spiro atoms. The average molecular weight is 458 g/mol. The first-order chi connectivity index (χ1) is 16.3. The number of amides is 4. The number of methoxy groups -OCH3 is 1. The van der Waals surface area contributed by atoms with Crippen molar-refractivity contribution < 1.29 is 23.5 Å². The number of hydrogen-bond donors (Lipinski definition) is 1.